The standard InChI is InChI=1S/C13H20N2O.ClH/c1-9-6-4-5-7-12(9)8-10(2)15-13(16)11(3)14;/h4-7,10-11H,8,14H2,1-3H3,(H,15,16);1H. The number of halogens is 1. The average Bonchev–Trinajstić information content (AvgIpc) is 2.21. The Morgan fingerprint density at radius 2 is 1.94 bits per heavy atom. The first kappa shape index (κ1) is 15.9. The van der Waals surface area contributed by atoms with Gasteiger partial charge in [0.25, 0.3) is 0 Å². The lowest BCUT2D eigenvalue weighted by atomic mass is 10.0. The fraction of sp³-hybridized carbons (Fsp3) is 0.462. The van der Waals surface area contributed by atoms with Crippen molar-refractivity contribution in [2.24, 2.45) is 5.73 Å². The number of aryl methyl sites for hydroxylation is 1. The molecule has 0 bridgehead atoms. The van der Waals surface area contributed by atoms with E-state index in [1.165, 1.54) is 11.1 Å². The number of amides is 1. The number of nitrogens with one attached hydrogen (secondary N) is 1. The number of carbonyl (C=O) groups is 1. The van der Waals surface area contributed by atoms with Crippen LogP contribution in [0.1, 0.15) is 25.0 Å². The van der Waals surface area contributed by atoms with Gasteiger partial charge in [0.1, 0.15) is 0 Å². The maximum Gasteiger partial charge on any atom is 0.236 e. The predicted molar refractivity (Wildman–Crippen MR) is 73.4 cm³/mol. The number of hydrogen-bond acceptors (Lipinski definition) is 2. The summed E-state index contributed by atoms with van der Waals surface area (Å²) in [6, 6.07) is 7.87. The van der Waals surface area contributed by atoms with Crippen molar-refractivity contribution >= 4 is 18.3 Å². The fourth-order valence-corrected chi connectivity index (χ4v) is 1.59. The second-order valence-corrected chi connectivity index (χ2v) is 4.33. The molecule has 0 saturated heterocycles. The van der Waals surface area contributed by atoms with Gasteiger partial charge >= 0.3 is 0 Å². The van der Waals surface area contributed by atoms with Crippen molar-refractivity contribution < 1.29 is 4.79 Å². The monoisotopic (exact) mass is 256 g/mol. The largest absolute Gasteiger partial charge is 0.352 e. The third kappa shape index (κ3) is 5.20. The van der Waals surface area contributed by atoms with Crippen molar-refractivity contribution in [3.8, 4) is 0 Å². The van der Waals surface area contributed by atoms with E-state index in [2.05, 4.69) is 24.4 Å². The van der Waals surface area contributed by atoms with Crippen LogP contribution in [0.5, 0.6) is 0 Å². The van der Waals surface area contributed by atoms with E-state index in [1.807, 2.05) is 19.1 Å². The zero-order valence-electron chi connectivity index (χ0n) is 10.6. The first-order chi connectivity index (χ1) is 7.50. The molecule has 1 aromatic rings. The van der Waals surface area contributed by atoms with Crippen LogP contribution in [-0.4, -0.2) is 18.0 Å². The van der Waals surface area contributed by atoms with Gasteiger partial charge in [0, 0.05) is 6.04 Å². The van der Waals surface area contributed by atoms with Gasteiger partial charge in [0.15, 0.2) is 0 Å². The van der Waals surface area contributed by atoms with Crippen molar-refractivity contribution in [1.82, 2.24) is 5.32 Å². The summed E-state index contributed by atoms with van der Waals surface area (Å²) in [5.41, 5.74) is 8.01. The van der Waals surface area contributed by atoms with Gasteiger partial charge in [-0.2, -0.15) is 0 Å². The van der Waals surface area contributed by atoms with Gasteiger partial charge in [0.2, 0.25) is 5.91 Å². The molecule has 0 aliphatic heterocycles. The molecule has 0 fully saturated rings. The van der Waals surface area contributed by atoms with Gasteiger partial charge in [0.05, 0.1) is 6.04 Å². The Balaban J connectivity index is 0.00000256. The van der Waals surface area contributed by atoms with Gasteiger partial charge in [-0.25, -0.2) is 0 Å². The minimum atomic E-state index is -0.445. The van der Waals surface area contributed by atoms with E-state index in [0.717, 1.165) is 6.42 Å². The number of rotatable bonds is 4. The Morgan fingerprint density at radius 1 is 1.35 bits per heavy atom. The molecule has 0 aliphatic rings. The summed E-state index contributed by atoms with van der Waals surface area (Å²) in [6.07, 6.45) is 0.838. The Morgan fingerprint density at radius 3 is 2.47 bits per heavy atom. The Kier molecular flexibility index (Phi) is 6.85. The molecule has 0 aromatic heterocycles. The molecule has 1 aromatic carbocycles. The summed E-state index contributed by atoms with van der Waals surface area (Å²) in [4.78, 5) is 11.4. The second-order valence-electron chi connectivity index (χ2n) is 4.33. The van der Waals surface area contributed by atoms with Gasteiger partial charge in [-0.15, -0.1) is 12.4 Å². The number of hydrogen-bond donors (Lipinski definition) is 2. The lowest BCUT2D eigenvalue weighted by Crippen LogP contribution is -2.43. The summed E-state index contributed by atoms with van der Waals surface area (Å²) < 4.78 is 0. The first-order valence-electron chi connectivity index (χ1n) is 5.61. The highest BCUT2D eigenvalue weighted by atomic mass is 35.5. The van der Waals surface area contributed by atoms with Crippen LogP contribution in [-0.2, 0) is 11.2 Å². The lowest BCUT2D eigenvalue weighted by molar-refractivity contribution is -0.122. The Bertz CT molecular complexity index is 366. The van der Waals surface area contributed by atoms with Crippen molar-refractivity contribution in [3.63, 3.8) is 0 Å². The highest BCUT2D eigenvalue weighted by Gasteiger charge is 2.11. The zero-order valence-corrected chi connectivity index (χ0v) is 11.4. The third-order valence-electron chi connectivity index (χ3n) is 2.59. The van der Waals surface area contributed by atoms with Gasteiger partial charge in [-0.3, -0.25) is 4.79 Å². The Labute approximate surface area is 109 Å². The molecule has 0 radical (unpaired) electrons. The van der Waals surface area contributed by atoms with Crippen molar-refractivity contribution in [3.05, 3.63) is 35.4 Å². The maximum atomic E-state index is 11.4. The highest BCUT2D eigenvalue weighted by molar-refractivity contribution is 5.85. The molecular weight excluding hydrogens is 236 g/mol. The molecule has 3 nitrogen and oxygen atoms in total. The molecule has 0 spiro atoms. The summed E-state index contributed by atoms with van der Waals surface area (Å²) in [5.74, 6) is -0.0962. The van der Waals surface area contributed by atoms with E-state index in [-0.39, 0.29) is 24.4 Å². The van der Waals surface area contributed by atoms with Crippen LogP contribution in [0.15, 0.2) is 24.3 Å². The number of nitrogens with two attached hydrogens (primary N) is 1. The number of carbonyl (C=O) groups excluding carboxylic acids is 1. The van der Waals surface area contributed by atoms with Crippen LogP contribution >= 0.6 is 12.4 Å². The van der Waals surface area contributed by atoms with Crippen molar-refractivity contribution in [1.29, 1.82) is 0 Å². The smallest absolute Gasteiger partial charge is 0.236 e. The molecule has 0 heterocycles. The van der Waals surface area contributed by atoms with E-state index in [0.29, 0.717) is 0 Å². The molecule has 96 valence electrons. The van der Waals surface area contributed by atoms with E-state index < -0.39 is 6.04 Å². The quantitative estimate of drug-likeness (QED) is 0.863. The normalized spacial score (nSPS) is 13.4. The van der Waals surface area contributed by atoms with Gasteiger partial charge < -0.3 is 11.1 Å². The topological polar surface area (TPSA) is 55.1 Å². The molecule has 2 atom stereocenters. The fourth-order valence-electron chi connectivity index (χ4n) is 1.59. The van der Waals surface area contributed by atoms with Crippen LogP contribution in [0, 0.1) is 6.92 Å². The molecule has 3 N–H and O–H groups in total. The Hall–Kier alpha value is -1.06. The van der Waals surface area contributed by atoms with Crippen molar-refractivity contribution in [2.45, 2.75) is 39.3 Å². The summed E-state index contributed by atoms with van der Waals surface area (Å²) in [5, 5.41) is 2.89. The molecular formula is C13H21ClN2O. The van der Waals surface area contributed by atoms with Crippen LogP contribution in [0.25, 0.3) is 0 Å². The summed E-state index contributed by atoms with van der Waals surface area (Å²) in [7, 11) is 0. The molecule has 1 amide bonds. The molecule has 17 heavy (non-hydrogen) atoms. The maximum absolute atomic E-state index is 11.4. The van der Waals surface area contributed by atoms with E-state index in [4.69, 9.17) is 5.73 Å². The van der Waals surface area contributed by atoms with Gasteiger partial charge in [-0.1, -0.05) is 24.3 Å². The van der Waals surface area contributed by atoms with Crippen LogP contribution in [0.2, 0.25) is 0 Å². The number of benzene rings is 1. The molecule has 4 heteroatoms. The summed E-state index contributed by atoms with van der Waals surface area (Å²) >= 11 is 0. The van der Waals surface area contributed by atoms with Crippen LogP contribution in [0.4, 0.5) is 0 Å². The van der Waals surface area contributed by atoms with Crippen LogP contribution in [0.3, 0.4) is 0 Å². The average molecular weight is 257 g/mol. The van der Waals surface area contributed by atoms with E-state index in [9.17, 15) is 4.79 Å². The van der Waals surface area contributed by atoms with E-state index in [1.54, 1.807) is 6.92 Å². The minimum Gasteiger partial charge on any atom is -0.352 e. The third-order valence-corrected chi connectivity index (χ3v) is 2.59. The predicted octanol–water partition coefficient (Wildman–Crippen LogP) is 1.81. The molecule has 1 rings (SSSR count). The first-order valence-corrected chi connectivity index (χ1v) is 5.61. The van der Waals surface area contributed by atoms with Crippen molar-refractivity contribution in [2.75, 3.05) is 0 Å². The summed E-state index contributed by atoms with van der Waals surface area (Å²) in [6.45, 7) is 5.76. The second kappa shape index (κ2) is 7.30. The molecule has 2 unspecified atom stereocenters. The van der Waals surface area contributed by atoms with Gasteiger partial charge in [-0.05, 0) is 38.3 Å². The minimum absolute atomic E-state index is 0. The SMILES string of the molecule is Cc1ccccc1CC(C)NC(=O)C(C)N.Cl. The lowest BCUT2D eigenvalue weighted by Gasteiger charge is -2.16. The molecule has 0 saturated carbocycles. The highest BCUT2D eigenvalue weighted by Crippen LogP contribution is 2.09. The zero-order chi connectivity index (χ0) is 12.1. The van der Waals surface area contributed by atoms with E-state index >= 15 is 0 Å². The van der Waals surface area contributed by atoms with Crippen LogP contribution < -0.4 is 11.1 Å². The molecule has 0 aliphatic carbocycles.